The van der Waals surface area contributed by atoms with E-state index in [1.807, 2.05) is 24.3 Å². The molecule has 0 bridgehead atoms. The van der Waals surface area contributed by atoms with E-state index in [1.165, 1.54) is 0 Å². The van der Waals surface area contributed by atoms with Crippen LogP contribution in [0.5, 0.6) is 0 Å². The summed E-state index contributed by atoms with van der Waals surface area (Å²) in [4.78, 5) is 24.2. The van der Waals surface area contributed by atoms with Crippen molar-refractivity contribution in [3.8, 4) is 0 Å². The van der Waals surface area contributed by atoms with Gasteiger partial charge in [-0.25, -0.2) is 0 Å². The highest BCUT2D eigenvalue weighted by Crippen LogP contribution is 2.35. The van der Waals surface area contributed by atoms with E-state index in [0.717, 1.165) is 0 Å². The lowest BCUT2D eigenvalue weighted by Crippen LogP contribution is -2.39. The molecule has 4 nitrogen and oxygen atoms in total. The number of aliphatic carboxylic acids is 1. The summed E-state index contributed by atoms with van der Waals surface area (Å²) in [7, 11) is 0. The van der Waals surface area contributed by atoms with Crippen LogP contribution >= 0.6 is 0 Å². The second-order valence-electron chi connectivity index (χ2n) is 5.21. The van der Waals surface area contributed by atoms with Crippen LogP contribution < -0.4 is 0 Å². The number of carbonyl (C=O) groups is 2. The molecule has 0 fully saturated rings. The summed E-state index contributed by atoms with van der Waals surface area (Å²) in [5.74, 6) is -1.17. The fourth-order valence-electron chi connectivity index (χ4n) is 2.67. The molecule has 0 aliphatic rings. The van der Waals surface area contributed by atoms with Gasteiger partial charge in [-0.2, -0.15) is 0 Å². The Morgan fingerprint density at radius 3 is 2.09 bits per heavy atom. The molecule has 2 rings (SSSR count). The zero-order valence-electron chi connectivity index (χ0n) is 13.1. The van der Waals surface area contributed by atoms with Crippen molar-refractivity contribution in [2.75, 3.05) is 6.61 Å². The van der Waals surface area contributed by atoms with E-state index in [4.69, 9.17) is 9.84 Å². The van der Waals surface area contributed by atoms with E-state index in [9.17, 15) is 9.59 Å². The predicted molar refractivity (Wildman–Crippen MR) is 87.4 cm³/mol. The number of benzene rings is 2. The Hall–Kier alpha value is -2.46. The van der Waals surface area contributed by atoms with Gasteiger partial charge in [0, 0.05) is 18.6 Å². The Bertz CT molecular complexity index is 652. The van der Waals surface area contributed by atoms with Crippen LogP contribution in [0.2, 0.25) is 0 Å². The first-order chi connectivity index (χ1) is 11.1. The van der Waals surface area contributed by atoms with Crippen LogP contribution in [-0.4, -0.2) is 23.5 Å². The summed E-state index contributed by atoms with van der Waals surface area (Å²) in [5, 5.41) is 9.08. The number of carboxylic acid groups (broad SMARTS) is 1. The van der Waals surface area contributed by atoms with Gasteiger partial charge < -0.3 is 9.84 Å². The maximum absolute atomic E-state index is 13.2. The van der Waals surface area contributed by atoms with Gasteiger partial charge in [-0.15, -0.1) is 0 Å². The number of ether oxygens (including phenoxy) is 1. The topological polar surface area (TPSA) is 63.6 Å². The quantitative estimate of drug-likeness (QED) is 0.755. The molecule has 0 aromatic heterocycles. The van der Waals surface area contributed by atoms with Gasteiger partial charge in [0.25, 0.3) is 0 Å². The molecule has 1 atom stereocenters. The van der Waals surface area contributed by atoms with Crippen LogP contribution in [0, 0.1) is 0 Å². The summed E-state index contributed by atoms with van der Waals surface area (Å²) >= 11 is 0. The molecule has 0 saturated carbocycles. The molecule has 23 heavy (non-hydrogen) atoms. The van der Waals surface area contributed by atoms with Crippen LogP contribution in [0.1, 0.15) is 35.7 Å². The predicted octanol–water partition coefficient (Wildman–Crippen LogP) is 3.67. The molecule has 0 heterocycles. The SMILES string of the molecule is CCOC(CCC(=O)O)(C(=O)c1ccccc1)c1ccccc1. The van der Waals surface area contributed by atoms with Crippen molar-refractivity contribution in [2.24, 2.45) is 0 Å². The summed E-state index contributed by atoms with van der Waals surface area (Å²) < 4.78 is 5.87. The number of hydrogen-bond acceptors (Lipinski definition) is 3. The van der Waals surface area contributed by atoms with Crippen LogP contribution in [-0.2, 0) is 15.1 Å². The molecule has 120 valence electrons. The van der Waals surface area contributed by atoms with Crippen molar-refractivity contribution in [1.29, 1.82) is 0 Å². The smallest absolute Gasteiger partial charge is 0.303 e. The summed E-state index contributed by atoms with van der Waals surface area (Å²) in [6.45, 7) is 2.11. The monoisotopic (exact) mass is 312 g/mol. The number of carbonyl (C=O) groups excluding carboxylic acids is 1. The summed E-state index contributed by atoms with van der Waals surface area (Å²) in [5.41, 5.74) is -0.0948. The third-order valence-corrected chi connectivity index (χ3v) is 3.72. The molecule has 1 unspecified atom stereocenters. The van der Waals surface area contributed by atoms with E-state index in [-0.39, 0.29) is 18.6 Å². The zero-order valence-corrected chi connectivity index (χ0v) is 13.1. The van der Waals surface area contributed by atoms with E-state index < -0.39 is 11.6 Å². The second kappa shape index (κ2) is 7.70. The molecular weight excluding hydrogens is 292 g/mol. The zero-order chi connectivity index (χ0) is 16.7. The van der Waals surface area contributed by atoms with Gasteiger partial charge in [0.05, 0.1) is 0 Å². The van der Waals surface area contributed by atoms with E-state index in [1.54, 1.807) is 43.3 Å². The van der Waals surface area contributed by atoms with Crippen molar-refractivity contribution >= 4 is 11.8 Å². The molecule has 2 aromatic carbocycles. The molecule has 1 N–H and O–H groups in total. The minimum atomic E-state index is -1.28. The molecule has 0 aliphatic heterocycles. The van der Waals surface area contributed by atoms with Gasteiger partial charge in [0.1, 0.15) is 0 Å². The highest BCUT2D eigenvalue weighted by atomic mass is 16.5. The number of carboxylic acids is 1. The standard InChI is InChI=1S/C19H20O4/c1-2-23-19(14-13-17(20)21,16-11-7-4-8-12-16)18(22)15-9-5-3-6-10-15/h3-12H,2,13-14H2,1H3,(H,20,21). The molecule has 0 spiro atoms. The second-order valence-corrected chi connectivity index (χ2v) is 5.21. The third-order valence-electron chi connectivity index (χ3n) is 3.72. The van der Waals surface area contributed by atoms with Crippen molar-refractivity contribution < 1.29 is 19.4 Å². The van der Waals surface area contributed by atoms with Crippen LogP contribution in [0.4, 0.5) is 0 Å². The number of hydrogen-bond donors (Lipinski definition) is 1. The van der Waals surface area contributed by atoms with Crippen molar-refractivity contribution in [3.63, 3.8) is 0 Å². The lowest BCUT2D eigenvalue weighted by atomic mass is 9.82. The fourth-order valence-corrected chi connectivity index (χ4v) is 2.67. The van der Waals surface area contributed by atoms with Gasteiger partial charge in [-0.05, 0) is 18.9 Å². The van der Waals surface area contributed by atoms with Gasteiger partial charge in [0.2, 0.25) is 0 Å². The average molecular weight is 312 g/mol. The first kappa shape index (κ1) is 16.9. The van der Waals surface area contributed by atoms with Crippen molar-refractivity contribution in [2.45, 2.75) is 25.4 Å². The lowest BCUT2D eigenvalue weighted by molar-refractivity contribution is -0.138. The minimum absolute atomic E-state index is 0.0912. The van der Waals surface area contributed by atoms with Crippen molar-refractivity contribution in [1.82, 2.24) is 0 Å². The van der Waals surface area contributed by atoms with Gasteiger partial charge >= 0.3 is 5.97 Å². The molecule has 4 heteroatoms. The molecule has 2 aromatic rings. The van der Waals surface area contributed by atoms with E-state index >= 15 is 0 Å². The van der Waals surface area contributed by atoms with E-state index in [0.29, 0.717) is 17.7 Å². The lowest BCUT2D eigenvalue weighted by Gasteiger charge is -2.32. The maximum Gasteiger partial charge on any atom is 0.303 e. The Morgan fingerprint density at radius 2 is 1.57 bits per heavy atom. The van der Waals surface area contributed by atoms with Gasteiger partial charge in [-0.1, -0.05) is 60.7 Å². The largest absolute Gasteiger partial charge is 0.481 e. The Labute approximate surface area is 135 Å². The Kier molecular flexibility index (Phi) is 5.66. The van der Waals surface area contributed by atoms with Crippen LogP contribution in [0.25, 0.3) is 0 Å². The maximum atomic E-state index is 13.2. The molecule has 0 radical (unpaired) electrons. The number of ketones is 1. The Balaban J connectivity index is 2.51. The van der Waals surface area contributed by atoms with E-state index in [2.05, 4.69) is 0 Å². The number of Topliss-reactive ketones (excluding diaryl/α,β-unsaturated/α-hetero) is 1. The van der Waals surface area contributed by atoms with Gasteiger partial charge in [0.15, 0.2) is 11.4 Å². The van der Waals surface area contributed by atoms with Crippen LogP contribution in [0.3, 0.4) is 0 Å². The summed E-state index contributed by atoms with van der Waals surface area (Å²) in [6.07, 6.45) is -0.0542. The Morgan fingerprint density at radius 1 is 1.00 bits per heavy atom. The first-order valence-corrected chi connectivity index (χ1v) is 7.61. The fraction of sp³-hybridized carbons (Fsp3) is 0.263. The molecule has 0 aliphatic carbocycles. The molecular formula is C19H20O4. The number of rotatable bonds is 8. The molecule has 0 amide bonds. The van der Waals surface area contributed by atoms with Gasteiger partial charge in [-0.3, -0.25) is 9.59 Å². The van der Waals surface area contributed by atoms with Crippen LogP contribution in [0.15, 0.2) is 60.7 Å². The third kappa shape index (κ3) is 3.85. The molecule has 0 saturated heterocycles. The summed E-state index contributed by atoms with van der Waals surface area (Å²) in [6, 6.07) is 17.9. The van der Waals surface area contributed by atoms with Crippen molar-refractivity contribution in [3.05, 3.63) is 71.8 Å². The average Bonchev–Trinajstić information content (AvgIpc) is 2.59. The first-order valence-electron chi connectivity index (χ1n) is 7.61. The highest BCUT2D eigenvalue weighted by molar-refractivity contribution is 6.03. The highest BCUT2D eigenvalue weighted by Gasteiger charge is 2.41. The minimum Gasteiger partial charge on any atom is -0.481 e. The normalized spacial score (nSPS) is 13.3.